The molecule has 0 radical (unpaired) electrons. The topological polar surface area (TPSA) is 221 Å². The first kappa shape index (κ1) is 30.5. The Labute approximate surface area is 216 Å². The van der Waals surface area contributed by atoms with Crippen LogP contribution < -0.4 is 11.5 Å². The van der Waals surface area contributed by atoms with Gasteiger partial charge in [0.25, 0.3) is 10.1 Å². The van der Waals surface area contributed by atoms with Gasteiger partial charge in [0.05, 0.1) is 58.5 Å². The smallest absolute Gasteiger partial charge is 0.296 e. The van der Waals surface area contributed by atoms with E-state index in [2.05, 4.69) is 9.37 Å². The summed E-state index contributed by atoms with van der Waals surface area (Å²) in [7, 11) is -8.24. The predicted octanol–water partition coefficient (Wildman–Crippen LogP) is 1.25. The van der Waals surface area contributed by atoms with Gasteiger partial charge in [-0.1, -0.05) is 5.04 Å². The highest BCUT2D eigenvalue weighted by Gasteiger charge is 2.19. The molecule has 2 aromatic carbocycles. The maximum Gasteiger partial charge on any atom is 0.296 e. The van der Waals surface area contributed by atoms with Crippen LogP contribution in [0.5, 0.6) is 0 Å². The van der Waals surface area contributed by atoms with Crippen molar-refractivity contribution < 1.29 is 50.3 Å². The van der Waals surface area contributed by atoms with Crippen molar-refractivity contribution >= 4 is 55.4 Å². The summed E-state index contributed by atoms with van der Waals surface area (Å²) in [6, 6.07) is 7.86. The molecular weight excluding hydrogens is 562 g/mol. The van der Waals surface area contributed by atoms with Crippen LogP contribution in [0.15, 0.2) is 56.0 Å². The van der Waals surface area contributed by atoms with Crippen molar-refractivity contribution in [2.45, 2.75) is 19.6 Å². The predicted molar refractivity (Wildman–Crippen MR) is 131 cm³/mol. The minimum atomic E-state index is -4.50. The lowest BCUT2D eigenvalue weighted by Crippen LogP contribution is -2.34. The molecule has 2 aromatic rings. The van der Waals surface area contributed by atoms with Crippen molar-refractivity contribution in [1.82, 2.24) is 4.90 Å². The van der Waals surface area contributed by atoms with Crippen LogP contribution in [0.1, 0.15) is 0 Å². The summed E-state index contributed by atoms with van der Waals surface area (Å²) >= 11 is 1.22. The lowest BCUT2D eigenvalue weighted by Gasteiger charge is -2.20. The number of nitrogens with two attached hydrogens (primary N) is 2. The summed E-state index contributed by atoms with van der Waals surface area (Å²) in [5.41, 5.74) is 11.4. The number of sulfone groups is 1. The van der Waals surface area contributed by atoms with Crippen molar-refractivity contribution in [2.75, 3.05) is 50.1 Å². The first-order valence-corrected chi connectivity index (χ1v) is 14.5. The third-order valence-corrected chi connectivity index (χ3v) is 8.40. The summed E-state index contributed by atoms with van der Waals surface area (Å²) in [5, 5.41) is 21.1. The highest BCUT2D eigenvalue weighted by molar-refractivity contribution is 7.95. The first-order chi connectivity index (χ1) is 17.0. The molecule has 202 valence electrons. The summed E-state index contributed by atoms with van der Waals surface area (Å²) in [5.74, 6) is -0.280. The average molecular weight is 588 g/mol. The van der Waals surface area contributed by atoms with Gasteiger partial charge >= 0.3 is 0 Å². The van der Waals surface area contributed by atoms with E-state index in [1.165, 1.54) is 30.3 Å². The van der Waals surface area contributed by atoms with Crippen LogP contribution >= 0.6 is 24.1 Å². The Morgan fingerprint density at radius 2 is 1.64 bits per heavy atom. The van der Waals surface area contributed by atoms with Crippen molar-refractivity contribution in [2.24, 2.45) is 0 Å². The Morgan fingerprint density at radius 1 is 0.917 bits per heavy atom. The average Bonchev–Trinajstić information content (AvgIpc) is 2.81. The van der Waals surface area contributed by atoms with Gasteiger partial charge in [0.2, 0.25) is 0 Å². The molecule has 0 bridgehead atoms. The van der Waals surface area contributed by atoms with Crippen LogP contribution in [0.2, 0.25) is 0 Å². The molecule has 0 aliphatic carbocycles. The maximum atomic E-state index is 12.7. The fourth-order valence-corrected chi connectivity index (χ4v) is 5.76. The lowest BCUT2D eigenvalue weighted by atomic mass is 10.3. The number of benzene rings is 2. The van der Waals surface area contributed by atoms with E-state index in [9.17, 15) is 26.5 Å². The Kier molecular flexibility index (Phi) is 12.1. The van der Waals surface area contributed by atoms with E-state index in [0.29, 0.717) is 29.0 Å². The molecule has 18 heteroatoms. The number of nitrogen functional groups attached to an aromatic ring is 2. The highest BCUT2D eigenvalue weighted by Crippen LogP contribution is 2.29. The van der Waals surface area contributed by atoms with Gasteiger partial charge in [0, 0.05) is 30.2 Å². The fourth-order valence-electron chi connectivity index (χ4n) is 2.73. The molecule has 0 spiro atoms. The van der Waals surface area contributed by atoms with Gasteiger partial charge in [0.1, 0.15) is 4.90 Å². The van der Waals surface area contributed by atoms with Gasteiger partial charge in [-0.25, -0.2) is 18.6 Å². The molecule has 0 atom stereocenters. The second kappa shape index (κ2) is 14.3. The van der Waals surface area contributed by atoms with E-state index >= 15 is 0 Å². The third kappa shape index (κ3) is 9.65. The molecule has 0 aromatic heterocycles. The summed E-state index contributed by atoms with van der Waals surface area (Å²) in [6.45, 7) is 0.221. The Morgan fingerprint density at radius 3 is 2.31 bits per heavy atom. The van der Waals surface area contributed by atoms with Crippen LogP contribution in [0.3, 0.4) is 0 Å². The number of hydrogen-bond donors (Lipinski definition) is 5. The normalized spacial score (nSPS) is 12.3. The molecule has 0 saturated carbocycles. The second-order valence-corrected chi connectivity index (χ2v) is 12.0. The van der Waals surface area contributed by atoms with Gasteiger partial charge in [-0.3, -0.25) is 9.45 Å². The molecule has 0 heterocycles. The van der Waals surface area contributed by atoms with E-state index in [0.717, 1.165) is 6.07 Å². The third-order valence-electron chi connectivity index (χ3n) is 4.52. The molecule has 7 N–H and O–H groups in total. The minimum Gasteiger partial charge on any atom is -0.398 e. The van der Waals surface area contributed by atoms with Crippen molar-refractivity contribution in [3.8, 4) is 0 Å². The summed E-state index contributed by atoms with van der Waals surface area (Å²) < 4.78 is 66.6. The quantitative estimate of drug-likeness (QED) is 0.0465. The largest absolute Gasteiger partial charge is 0.398 e. The first-order valence-electron chi connectivity index (χ1n) is 9.91. The van der Waals surface area contributed by atoms with Gasteiger partial charge in [-0.2, -0.15) is 12.8 Å². The molecule has 0 aliphatic heterocycles. The molecular formula is C18H25N3O11S4. The monoisotopic (exact) mass is 587 g/mol. The SMILES string of the molecule is Nc1ccc(S(=O)(=O)CCN(CCO)CCOOSc2ccc(N)c(S(=O)(=O)O)c2)cc1SOOO. The number of aliphatic hydroxyl groups is 1. The molecule has 2 rings (SSSR count). The molecule has 36 heavy (non-hydrogen) atoms. The highest BCUT2D eigenvalue weighted by atomic mass is 32.2. The number of hydrogen-bond acceptors (Lipinski definition) is 15. The number of anilines is 2. The Hall–Kier alpha value is -1.68. The van der Waals surface area contributed by atoms with Crippen LogP contribution in [0.25, 0.3) is 0 Å². The van der Waals surface area contributed by atoms with Crippen molar-refractivity contribution in [3.63, 3.8) is 0 Å². The zero-order chi connectivity index (χ0) is 26.8. The Bertz CT molecular complexity index is 1210. The van der Waals surface area contributed by atoms with E-state index in [1.54, 1.807) is 4.90 Å². The van der Waals surface area contributed by atoms with E-state index in [4.69, 9.17) is 25.9 Å². The van der Waals surface area contributed by atoms with E-state index < -0.39 is 24.9 Å². The number of aliphatic hydroxyl groups excluding tert-OH is 1. The zero-order valence-corrected chi connectivity index (χ0v) is 21.8. The zero-order valence-electron chi connectivity index (χ0n) is 18.5. The van der Waals surface area contributed by atoms with Crippen LogP contribution in [0, 0.1) is 0 Å². The molecule has 14 nitrogen and oxygen atoms in total. The van der Waals surface area contributed by atoms with Crippen LogP contribution in [-0.2, 0) is 38.5 Å². The number of nitrogens with zero attached hydrogens (tertiary/aromatic N) is 1. The molecule has 0 unspecified atom stereocenters. The van der Waals surface area contributed by atoms with E-state index in [1.807, 2.05) is 0 Å². The Balaban J connectivity index is 1.87. The van der Waals surface area contributed by atoms with Gasteiger partial charge in [-0.15, -0.1) is 4.33 Å². The van der Waals surface area contributed by atoms with Crippen molar-refractivity contribution in [1.29, 1.82) is 0 Å². The van der Waals surface area contributed by atoms with E-state index in [-0.39, 0.29) is 59.8 Å². The summed E-state index contributed by atoms with van der Waals surface area (Å²) in [6.07, 6.45) is 0. The lowest BCUT2D eigenvalue weighted by molar-refractivity contribution is -0.432. The number of rotatable bonds is 16. The maximum absolute atomic E-state index is 12.7. The van der Waals surface area contributed by atoms with Gasteiger partial charge in [0.15, 0.2) is 9.84 Å². The minimum absolute atomic E-state index is 0.00562. The van der Waals surface area contributed by atoms with Crippen molar-refractivity contribution in [3.05, 3.63) is 36.4 Å². The van der Waals surface area contributed by atoms with Crippen LogP contribution in [-0.4, -0.2) is 75.3 Å². The fraction of sp³-hybridized carbons (Fsp3) is 0.333. The van der Waals surface area contributed by atoms with Gasteiger partial charge < -0.3 is 16.6 Å². The second-order valence-electron chi connectivity index (χ2n) is 6.96. The molecule has 0 amide bonds. The molecule has 0 fully saturated rings. The summed E-state index contributed by atoms with van der Waals surface area (Å²) in [4.78, 5) is 6.72. The molecule has 0 aliphatic rings. The van der Waals surface area contributed by atoms with Crippen LogP contribution in [0.4, 0.5) is 11.4 Å². The molecule has 0 saturated heterocycles. The standard InChI is InChI=1S/C18H25N3O11S4/c19-15-4-2-14(12-17(15)34-32-30-23)35(24,25)10-7-21(5-8-22)6-9-29-31-33-13-1-3-16(20)18(11-13)36(26,27)28/h1-4,11-12,22-23H,5-10,19-20H2,(H,26,27,28). The van der Waals surface area contributed by atoms with Gasteiger partial charge in [-0.05, 0) is 36.4 Å².